The Labute approximate surface area is 91.2 Å². The van der Waals surface area contributed by atoms with E-state index in [2.05, 4.69) is 18.5 Å². The Morgan fingerprint density at radius 1 is 1.60 bits per heavy atom. The summed E-state index contributed by atoms with van der Waals surface area (Å²) in [5.41, 5.74) is 1.02. The number of nitrogens with one attached hydrogen (secondary N) is 1. The molecule has 0 radical (unpaired) electrons. The van der Waals surface area contributed by atoms with E-state index in [1.807, 2.05) is 17.9 Å². The maximum Gasteiger partial charge on any atom is 0.317 e. The molecule has 0 aromatic rings. The van der Waals surface area contributed by atoms with Gasteiger partial charge in [0, 0.05) is 13.1 Å². The summed E-state index contributed by atoms with van der Waals surface area (Å²) >= 11 is 0. The van der Waals surface area contributed by atoms with Crippen LogP contribution in [0.15, 0.2) is 37.0 Å². The fourth-order valence-corrected chi connectivity index (χ4v) is 1.71. The molecule has 2 amide bonds. The Morgan fingerprint density at radius 3 is 2.87 bits per heavy atom. The lowest BCUT2D eigenvalue weighted by Gasteiger charge is -2.33. The number of urea groups is 1. The molecule has 1 saturated heterocycles. The standard InChI is InChI=1S/C12H18N2O/c1-4-7-11(5-2)10(3)14-9-6-8-13-12(14)15/h4-5,7,10H,1-2,6,8-9H2,3H3,(H,13,15). The summed E-state index contributed by atoms with van der Waals surface area (Å²) in [6.45, 7) is 11.0. The topological polar surface area (TPSA) is 32.3 Å². The molecular weight excluding hydrogens is 188 g/mol. The van der Waals surface area contributed by atoms with Crippen LogP contribution in [-0.4, -0.2) is 30.1 Å². The highest BCUT2D eigenvalue weighted by atomic mass is 16.2. The Bertz CT molecular complexity index is 294. The lowest BCUT2D eigenvalue weighted by Crippen LogP contribution is -2.50. The van der Waals surface area contributed by atoms with Gasteiger partial charge in [-0.3, -0.25) is 0 Å². The van der Waals surface area contributed by atoms with E-state index in [0.29, 0.717) is 0 Å². The maximum atomic E-state index is 11.6. The largest absolute Gasteiger partial charge is 0.338 e. The van der Waals surface area contributed by atoms with Crippen LogP contribution >= 0.6 is 0 Å². The van der Waals surface area contributed by atoms with Gasteiger partial charge in [-0.1, -0.05) is 31.4 Å². The molecule has 15 heavy (non-hydrogen) atoms. The fraction of sp³-hybridized carbons (Fsp3) is 0.417. The van der Waals surface area contributed by atoms with Gasteiger partial charge in [-0.2, -0.15) is 0 Å². The van der Waals surface area contributed by atoms with Crippen LogP contribution in [0, 0.1) is 0 Å². The Balaban J connectivity index is 2.76. The number of amides is 2. The second-order valence-corrected chi connectivity index (χ2v) is 3.56. The van der Waals surface area contributed by atoms with Crippen LogP contribution in [0.1, 0.15) is 13.3 Å². The summed E-state index contributed by atoms with van der Waals surface area (Å²) in [4.78, 5) is 13.4. The molecule has 1 heterocycles. The predicted octanol–water partition coefficient (Wildman–Crippen LogP) is 2.09. The van der Waals surface area contributed by atoms with E-state index in [-0.39, 0.29) is 12.1 Å². The zero-order chi connectivity index (χ0) is 11.3. The summed E-state index contributed by atoms with van der Waals surface area (Å²) in [6.07, 6.45) is 6.37. The first-order chi connectivity index (χ1) is 7.20. The van der Waals surface area contributed by atoms with Crippen molar-refractivity contribution in [3.63, 3.8) is 0 Å². The highest BCUT2D eigenvalue weighted by molar-refractivity contribution is 5.75. The summed E-state index contributed by atoms with van der Waals surface area (Å²) < 4.78 is 0. The van der Waals surface area contributed by atoms with Crippen LogP contribution in [0.2, 0.25) is 0 Å². The van der Waals surface area contributed by atoms with Crippen molar-refractivity contribution in [2.24, 2.45) is 0 Å². The van der Waals surface area contributed by atoms with Crippen molar-refractivity contribution in [2.75, 3.05) is 13.1 Å². The van der Waals surface area contributed by atoms with Gasteiger partial charge in [0.1, 0.15) is 0 Å². The lowest BCUT2D eigenvalue weighted by atomic mass is 10.1. The number of carbonyl (C=O) groups excluding carboxylic acids is 1. The van der Waals surface area contributed by atoms with E-state index in [9.17, 15) is 4.79 Å². The minimum absolute atomic E-state index is 0.00515. The number of hydrogen-bond acceptors (Lipinski definition) is 1. The predicted molar refractivity (Wildman–Crippen MR) is 62.7 cm³/mol. The molecule has 1 aliphatic rings. The van der Waals surface area contributed by atoms with E-state index < -0.39 is 0 Å². The lowest BCUT2D eigenvalue weighted by molar-refractivity contribution is 0.175. The first-order valence-corrected chi connectivity index (χ1v) is 5.20. The molecule has 1 fully saturated rings. The average molecular weight is 206 g/mol. The molecular formula is C12H18N2O. The normalized spacial score (nSPS) is 19.4. The van der Waals surface area contributed by atoms with Gasteiger partial charge in [-0.15, -0.1) is 0 Å². The second kappa shape index (κ2) is 5.39. The van der Waals surface area contributed by atoms with Crippen molar-refractivity contribution in [1.29, 1.82) is 0 Å². The SMILES string of the molecule is C=CC=C(C=C)C(C)N1CCCNC1=O. The van der Waals surface area contributed by atoms with Crippen molar-refractivity contribution in [1.82, 2.24) is 10.2 Å². The molecule has 0 saturated carbocycles. The molecule has 0 aliphatic carbocycles. The number of nitrogens with zero attached hydrogens (tertiary/aromatic N) is 1. The van der Waals surface area contributed by atoms with Gasteiger partial charge in [0.25, 0.3) is 0 Å². The van der Waals surface area contributed by atoms with Gasteiger partial charge in [0.15, 0.2) is 0 Å². The molecule has 1 unspecified atom stereocenters. The van der Waals surface area contributed by atoms with E-state index >= 15 is 0 Å². The molecule has 0 aromatic heterocycles. The molecule has 1 atom stereocenters. The summed E-state index contributed by atoms with van der Waals surface area (Å²) in [7, 11) is 0. The summed E-state index contributed by atoms with van der Waals surface area (Å²) in [6, 6.07) is 0.0614. The van der Waals surface area contributed by atoms with Gasteiger partial charge in [-0.25, -0.2) is 4.79 Å². The Hall–Kier alpha value is -1.51. The zero-order valence-corrected chi connectivity index (χ0v) is 9.20. The Kier molecular flexibility index (Phi) is 4.16. The fourth-order valence-electron chi connectivity index (χ4n) is 1.71. The van der Waals surface area contributed by atoms with Crippen LogP contribution in [-0.2, 0) is 0 Å². The molecule has 82 valence electrons. The van der Waals surface area contributed by atoms with E-state index in [0.717, 1.165) is 25.1 Å². The molecule has 1 aliphatic heterocycles. The van der Waals surface area contributed by atoms with Gasteiger partial charge < -0.3 is 10.2 Å². The van der Waals surface area contributed by atoms with Crippen molar-refractivity contribution >= 4 is 6.03 Å². The van der Waals surface area contributed by atoms with Crippen LogP contribution in [0.25, 0.3) is 0 Å². The molecule has 3 heteroatoms. The second-order valence-electron chi connectivity index (χ2n) is 3.56. The van der Waals surface area contributed by atoms with Gasteiger partial charge in [-0.05, 0) is 18.9 Å². The highest BCUT2D eigenvalue weighted by Crippen LogP contribution is 2.14. The number of rotatable bonds is 4. The highest BCUT2D eigenvalue weighted by Gasteiger charge is 2.23. The van der Waals surface area contributed by atoms with Crippen molar-refractivity contribution in [2.45, 2.75) is 19.4 Å². The van der Waals surface area contributed by atoms with E-state index in [4.69, 9.17) is 0 Å². The van der Waals surface area contributed by atoms with E-state index in [1.165, 1.54) is 0 Å². The van der Waals surface area contributed by atoms with E-state index in [1.54, 1.807) is 12.2 Å². The third-order valence-corrected chi connectivity index (χ3v) is 2.61. The first kappa shape index (κ1) is 11.6. The molecule has 3 nitrogen and oxygen atoms in total. The van der Waals surface area contributed by atoms with Crippen molar-refractivity contribution in [3.8, 4) is 0 Å². The molecule has 0 spiro atoms. The van der Waals surface area contributed by atoms with Gasteiger partial charge in [0.2, 0.25) is 0 Å². The molecule has 0 aromatic carbocycles. The number of allylic oxidation sites excluding steroid dienone is 2. The van der Waals surface area contributed by atoms with Gasteiger partial charge in [0.05, 0.1) is 6.04 Å². The summed E-state index contributed by atoms with van der Waals surface area (Å²) in [5, 5.41) is 2.83. The quantitative estimate of drug-likeness (QED) is 0.702. The number of hydrogen-bond donors (Lipinski definition) is 1. The van der Waals surface area contributed by atoms with Crippen molar-refractivity contribution < 1.29 is 4.79 Å². The smallest absolute Gasteiger partial charge is 0.317 e. The maximum absolute atomic E-state index is 11.6. The minimum atomic E-state index is 0.00515. The molecule has 0 bridgehead atoms. The van der Waals surface area contributed by atoms with Crippen molar-refractivity contribution in [3.05, 3.63) is 37.0 Å². The number of carbonyl (C=O) groups is 1. The molecule has 1 N–H and O–H groups in total. The average Bonchev–Trinajstić information content (AvgIpc) is 2.25. The summed E-state index contributed by atoms with van der Waals surface area (Å²) in [5.74, 6) is 0. The van der Waals surface area contributed by atoms with Gasteiger partial charge >= 0.3 is 6.03 Å². The van der Waals surface area contributed by atoms with Crippen LogP contribution in [0.5, 0.6) is 0 Å². The third kappa shape index (κ3) is 2.72. The zero-order valence-electron chi connectivity index (χ0n) is 9.20. The Morgan fingerprint density at radius 2 is 2.33 bits per heavy atom. The van der Waals surface area contributed by atoms with Crippen LogP contribution < -0.4 is 5.32 Å². The molecule has 1 rings (SSSR count). The monoisotopic (exact) mass is 206 g/mol. The minimum Gasteiger partial charge on any atom is -0.338 e. The van der Waals surface area contributed by atoms with Crippen LogP contribution in [0.4, 0.5) is 4.79 Å². The third-order valence-electron chi connectivity index (χ3n) is 2.61. The van der Waals surface area contributed by atoms with Crippen LogP contribution in [0.3, 0.4) is 0 Å². The first-order valence-electron chi connectivity index (χ1n) is 5.20.